The summed E-state index contributed by atoms with van der Waals surface area (Å²) >= 11 is 0. The third-order valence-electron chi connectivity index (χ3n) is 5.86. The van der Waals surface area contributed by atoms with E-state index in [-0.39, 0.29) is 11.4 Å². The van der Waals surface area contributed by atoms with Crippen LogP contribution in [0.3, 0.4) is 0 Å². The molecule has 0 saturated carbocycles. The van der Waals surface area contributed by atoms with Crippen molar-refractivity contribution in [3.8, 4) is 0 Å². The monoisotopic (exact) mass is 454 g/mol. The topological polar surface area (TPSA) is 114 Å². The molecule has 0 bridgehead atoms. The molecule has 1 aliphatic rings. The van der Waals surface area contributed by atoms with Crippen LogP contribution in [0.4, 0.5) is 21.9 Å². The van der Waals surface area contributed by atoms with Crippen molar-refractivity contribution in [1.29, 1.82) is 0 Å². The first-order valence-corrected chi connectivity index (χ1v) is 11.2. The molecule has 1 fully saturated rings. The molecule has 178 valence electrons. The minimum absolute atomic E-state index is 0.0346. The number of carboxylic acid groups (broad SMARTS) is 1. The number of para-hydroxylation sites is 2. The third-order valence-corrected chi connectivity index (χ3v) is 5.86. The van der Waals surface area contributed by atoms with Crippen LogP contribution in [0.15, 0.2) is 48.5 Å². The van der Waals surface area contributed by atoms with Gasteiger partial charge in [0.15, 0.2) is 0 Å². The standard InChI is InChI=1S/C25H34N4O4/c1-24(2)15-19(13-14-29(24)16-25(3,4)33)26-18-11-9-17(10-12-18)22(30)27-20-7-5-6-8-21(20)28-23(31)32/h5-12,19,26,28,33H,13-16H2,1-4H3,(H,27,30)(H,31,32). The van der Waals surface area contributed by atoms with Crippen LogP contribution < -0.4 is 16.0 Å². The summed E-state index contributed by atoms with van der Waals surface area (Å²) in [4.78, 5) is 26.0. The number of benzene rings is 2. The van der Waals surface area contributed by atoms with E-state index < -0.39 is 11.7 Å². The number of β-amino-alcohol motifs (C(OH)–C–C–N with tert-alkyl or cyclic N) is 1. The Hall–Kier alpha value is -3.10. The van der Waals surface area contributed by atoms with E-state index in [1.807, 2.05) is 26.0 Å². The largest absolute Gasteiger partial charge is 0.465 e. The number of nitrogens with one attached hydrogen (secondary N) is 3. The highest BCUT2D eigenvalue weighted by Gasteiger charge is 2.36. The molecule has 1 saturated heterocycles. The van der Waals surface area contributed by atoms with Crippen LogP contribution in [0.2, 0.25) is 0 Å². The first-order valence-electron chi connectivity index (χ1n) is 11.2. The van der Waals surface area contributed by atoms with Crippen LogP contribution in [-0.2, 0) is 0 Å². The lowest BCUT2D eigenvalue weighted by Gasteiger charge is -2.47. The fourth-order valence-electron chi connectivity index (χ4n) is 4.30. The summed E-state index contributed by atoms with van der Waals surface area (Å²) in [5, 5.41) is 27.8. The van der Waals surface area contributed by atoms with Crippen molar-refractivity contribution in [3.63, 3.8) is 0 Å². The molecule has 8 heteroatoms. The van der Waals surface area contributed by atoms with Crippen molar-refractivity contribution in [3.05, 3.63) is 54.1 Å². The van der Waals surface area contributed by atoms with Gasteiger partial charge in [-0.1, -0.05) is 12.1 Å². The normalized spacial score (nSPS) is 18.4. The molecule has 2 aromatic rings. The summed E-state index contributed by atoms with van der Waals surface area (Å²) in [5.74, 6) is -0.317. The molecule has 2 aromatic carbocycles. The van der Waals surface area contributed by atoms with Crippen LogP contribution in [0, 0.1) is 0 Å². The summed E-state index contributed by atoms with van der Waals surface area (Å²) in [6.07, 6.45) is 0.717. The van der Waals surface area contributed by atoms with E-state index in [0.29, 0.717) is 29.5 Å². The Labute approximate surface area is 195 Å². The average molecular weight is 455 g/mol. The van der Waals surface area contributed by atoms with Crippen molar-refractivity contribution in [1.82, 2.24) is 4.90 Å². The lowest BCUT2D eigenvalue weighted by Crippen LogP contribution is -2.56. The number of nitrogens with zero attached hydrogens (tertiary/aromatic N) is 1. The van der Waals surface area contributed by atoms with Gasteiger partial charge in [-0.05, 0) is 76.9 Å². The number of amides is 2. The minimum atomic E-state index is -1.19. The molecule has 3 rings (SSSR count). The molecule has 33 heavy (non-hydrogen) atoms. The zero-order valence-corrected chi connectivity index (χ0v) is 19.7. The van der Waals surface area contributed by atoms with Gasteiger partial charge in [-0.25, -0.2) is 4.79 Å². The van der Waals surface area contributed by atoms with E-state index >= 15 is 0 Å². The van der Waals surface area contributed by atoms with Crippen LogP contribution in [0.1, 0.15) is 50.9 Å². The van der Waals surface area contributed by atoms with Crippen molar-refractivity contribution in [2.75, 3.05) is 29.0 Å². The highest BCUT2D eigenvalue weighted by atomic mass is 16.4. The predicted octanol–water partition coefficient (Wildman–Crippen LogP) is 4.45. The van der Waals surface area contributed by atoms with Gasteiger partial charge >= 0.3 is 6.09 Å². The number of carbonyl (C=O) groups excluding carboxylic acids is 1. The average Bonchev–Trinajstić information content (AvgIpc) is 2.70. The number of rotatable bonds is 7. The molecule has 0 spiro atoms. The van der Waals surface area contributed by atoms with E-state index in [4.69, 9.17) is 5.11 Å². The Morgan fingerprint density at radius 3 is 2.21 bits per heavy atom. The summed E-state index contributed by atoms with van der Waals surface area (Å²) < 4.78 is 0. The van der Waals surface area contributed by atoms with E-state index in [1.165, 1.54) is 0 Å². The maximum absolute atomic E-state index is 12.7. The summed E-state index contributed by atoms with van der Waals surface area (Å²) in [6.45, 7) is 9.63. The molecule has 0 aliphatic carbocycles. The van der Waals surface area contributed by atoms with Gasteiger partial charge in [-0.3, -0.25) is 15.0 Å². The van der Waals surface area contributed by atoms with Crippen LogP contribution >= 0.6 is 0 Å². The predicted molar refractivity (Wildman–Crippen MR) is 131 cm³/mol. The van der Waals surface area contributed by atoms with Crippen LogP contribution in [-0.4, -0.2) is 57.4 Å². The Morgan fingerprint density at radius 2 is 1.67 bits per heavy atom. The fraction of sp³-hybridized carbons (Fsp3) is 0.440. The van der Waals surface area contributed by atoms with Gasteiger partial charge in [0.05, 0.1) is 17.0 Å². The SMILES string of the molecule is CC(C)(O)CN1CCC(Nc2ccc(C(=O)Nc3ccccc3NC(=O)O)cc2)CC1(C)C. The van der Waals surface area contributed by atoms with E-state index in [2.05, 4.69) is 34.7 Å². The Kier molecular flexibility index (Phi) is 7.29. The first kappa shape index (κ1) is 24.5. The number of carbonyl (C=O) groups is 2. The smallest absolute Gasteiger partial charge is 0.409 e. The highest BCUT2D eigenvalue weighted by molar-refractivity contribution is 6.06. The first-order chi connectivity index (χ1) is 15.4. The number of piperidine rings is 1. The Morgan fingerprint density at radius 1 is 1.06 bits per heavy atom. The maximum Gasteiger partial charge on any atom is 0.409 e. The van der Waals surface area contributed by atoms with Crippen LogP contribution in [0.25, 0.3) is 0 Å². The molecular weight excluding hydrogens is 420 g/mol. The number of aliphatic hydroxyl groups is 1. The number of anilines is 3. The summed E-state index contributed by atoms with van der Waals surface area (Å²) in [6, 6.07) is 14.2. The third kappa shape index (κ3) is 6.94. The molecule has 0 aromatic heterocycles. The molecular formula is C25H34N4O4. The molecule has 1 unspecified atom stereocenters. The van der Waals surface area contributed by atoms with E-state index in [1.54, 1.807) is 36.4 Å². The Bertz CT molecular complexity index is 983. The molecule has 1 aliphatic heterocycles. The van der Waals surface area contributed by atoms with Gasteiger partial charge in [-0.2, -0.15) is 0 Å². The second kappa shape index (κ2) is 9.80. The van der Waals surface area contributed by atoms with Crippen molar-refractivity contribution in [2.24, 2.45) is 0 Å². The summed E-state index contributed by atoms with van der Waals surface area (Å²) in [5.41, 5.74) is 1.37. The van der Waals surface area contributed by atoms with Gasteiger partial charge < -0.3 is 20.8 Å². The lowest BCUT2D eigenvalue weighted by atomic mass is 9.85. The second-order valence-electron chi connectivity index (χ2n) is 9.89. The molecule has 1 heterocycles. The minimum Gasteiger partial charge on any atom is -0.465 e. The van der Waals surface area contributed by atoms with Crippen LogP contribution in [0.5, 0.6) is 0 Å². The number of hydrogen-bond donors (Lipinski definition) is 5. The highest BCUT2D eigenvalue weighted by Crippen LogP contribution is 2.31. The maximum atomic E-state index is 12.7. The van der Waals surface area contributed by atoms with Gasteiger partial charge in [0.1, 0.15) is 0 Å². The number of likely N-dealkylation sites (tertiary alicyclic amines) is 1. The van der Waals surface area contributed by atoms with Gasteiger partial charge in [0, 0.05) is 35.9 Å². The molecule has 5 N–H and O–H groups in total. The summed E-state index contributed by atoms with van der Waals surface area (Å²) in [7, 11) is 0. The van der Waals surface area contributed by atoms with Crippen molar-refractivity contribution >= 4 is 29.1 Å². The molecule has 1 atom stereocenters. The Balaban J connectivity index is 1.60. The zero-order chi connectivity index (χ0) is 24.2. The zero-order valence-electron chi connectivity index (χ0n) is 19.7. The fourth-order valence-corrected chi connectivity index (χ4v) is 4.30. The second-order valence-corrected chi connectivity index (χ2v) is 9.89. The van der Waals surface area contributed by atoms with Gasteiger partial charge in [0.2, 0.25) is 0 Å². The van der Waals surface area contributed by atoms with Crippen molar-refractivity contribution in [2.45, 2.75) is 57.7 Å². The van der Waals surface area contributed by atoms with E-state index in [9.17, 15) is 14.7 Å². The quantitative estimate of drug-likeness (QED) is 0.422. The molecule has 0 radical (unpaired) electrons. The van der Waals surface area contributed by atoms with Gasteiger partial charge in [-0.15, -0.1) is 0 Å². The van der Waals surface area contributed by atoms with E-state index in [0.717, 1.165) is 25.1 Å². The molecule has 2 amide bonds. The van der Waals surface area contributed by atoms with Gasteiger partial charge in [0.25, 0.3) is 5.91 Å². The molecule has 8 nitrogen and oxygen atoms in total. The van der Waals surface area contributed by atoms with Crippen molar-refractivity contribution < 1.29 is 19.8 Å². The number of hydrogen-bond acceptors (Lipinski definition) is 5. The lowest BCUT2D eigenvalue weighted by molar-refractivity contribution is -0.0192.